The van der Waals surface area contributed by atoms with Gasteiger partial charge in [-0.1, -0.05) is 0 Å². The van der Waals surface area contributed by atoms with Crippen LogP contribution in [-0.4, -0.2) is 42.3 Å². The summed E-state index contributed by atoms with van der Waals surface area (Å²) in [6.45, 7) is 0.270. The molecular formula is C16H17F3N4O2. The summed E-state index contributed by atoms with van der Waals surface area (Å²) in [6, 6.07) is 4.64. The van der Waals surface area contributed by atoms with E-state index in [9.17, 15) is 18.0 Å². The summed E-state index contributed by atoms with van der Waals surface area (Å²) in [4.78, 5) is 20.9. The number of nitrogens with one attached hydrogen (secondary N) is 2. The van der Waals surface area contributed by atoms with Gasteiger partial charge in [-0.05, 0) is 38.1 Å². The summed E-state index contributed by atoms with van der Waals surface area (Å²) in [5, 5.41) is 5.26. The van der Waals surface area contributed by atoms with E-state index < -0.39 is 17.5 Å². The second-order valence-electron chi connectivity index (χ2n) is 5.86. The normalized spacial score (nSPS) is 17.3. The minimum atomic E-state index is -4.63. The molecule has 0 radical (unpaired) electrons. The fourth-order valence-corrected chi connectivity index (χ4v) is 2.96. The van der Waals surface area contributed by atoms with Crippen LogP contribution in [0.1, 0.15) is 12.8 Å². The number of nitrogens with zero attached hydrogens (tertiary/aromatic N) is 2. The van der Waals surface area contributed by atoms with E-state index in [0.29, 0.717) is 5.52 Å². The Hall–Kier alpha value is -2.42. The molecule has 6 nitrogen and oxygen atoms in total. The molecule has 0 aromatic carbocycles. The van der Waals surface area contributed by atoms with Crippen molar-refractivity contribution in [3.05, 3.63) is 24.4 Å². The van der Waals surface area contributed by atoms with Crippen LogP contribution in [0.3, 0.4) is 0 Å². The summed E-state index contributed by atoms with van der Waals surface area (Å²) in [5.41, 5.74) is -1.50. The van der Waals surface area contributed by atoms with Gasteiger partial charge in [0.05, 0.1) is 18.3 Å². The first-order chi connectivity index (χ1) is 11.9. The highest BCUT2D eigenvalue weighted by Gasteiger charge is 2.60. The van der Waals surface area contributed by atoms with Gasteiger partial charge in [0.15, 0.2) is 0 Å². The maximum atomic E-state index is 13.6. The Labute approximate surface area is 141 Å². The quantitative estimate of drug-likeness (QED) is 0.886. The van der Waals surface area contributed by atoms with Crippen LogP contribution in [0, 0.1) is 5.41 Å². The van der Waals surface area contributed by atoms with Crippen LogP contribution in [-0.2, 0) is 4.79 Å². The van der Waals surface area contributed by atoms with Crippen molar-refractivity contribution >= 4 is 22.6 Å². The Kier molecular flexibility index (Phi) is 4.51. The molecule has 134 valence electrons. The average Bonchev–Trinajstić information content (AvgIpc) is 2.61. The molecule has 0 atom stereocenters. The SMILES string of the molecule is COc1ccc2nccc(NC(=O)C3(C(F)(F)F)CCNCC3)c2n1. The number of ether oxygens (including phenoxy) is 1. The first-order valence-electron chi connectivity index (χ1n) is 7.76. The Morgan fingerprint density at radius 3 is 2.64 bits per heavy atom. The van der Waals surface area contributed by atoms with Crippen molar-refractivity contribution in [1.82, 2.24) is 15.3 Å². The van der Waals surface area contributed by atoms with E-state index in [1.165, 1.54) is 19.4 Å². The summed E-state index contributed by atoms with van der Waals surface area (Å²) in [6.07, 6.45) is -3.83. The van der Waals surface area contributed by atoms with Gasteiger partial charge < -0.3 is 15.4 Å². The standard InChI is InChI=1S/C16H17F3N4O2/c1-25-12-3-2-10-13(23-12)11(4-7-21-10)22-14(24)15(16(17,18)19)5-8-20-9-6-15/h2-4,7,20H,5-6,8-9H2,1H3,(H,21,22,24). The van der Waals surface area contributed by atoms with Gasteiger partial charge in [0.1, 0.15) is 10.9 Å². The van der Waals surface area contributed by atoms with E-state index in [4.69, 9.17) is 4.74 Å². The number of methoxy groups -OCH3 is 1. The lowest BCUT2D eigenvalue weighted by molar-refractivity contribution is -0.225. The lowest BCUT2D eigenvalue weighted by Gasteiger charge is -2.37. The number of alkyl halides is 3. The number of aromatic nitrogens is 2. The molecule has 0 spiro atoms. The van der Waals surface area contributed by atoms with E-state index in [1.54, 1.807) is 12.1 Å². The van der Waals surface area contributed by atoms with Crippen LogP contribution in [0.4, 0.5) is 18.9 Å². The molecule has 1 aliphatic rings. The number of hydrogen-bond donors (Lipinski definition) is 2. The molecule has 2 N–H and O–H groups in total. The smallest absolute Gasteiger partial charge is 0.403 e. The second-order valence-corrected chi connectivity index (χ2v) is 5.86. The molecule has 1 saturated heterocycles. The Bertz CT molecular complexity index is 789. The van der Waals surface area contributed by atoms with Gasteiger partial charge in [-0.3, -0.25) is 9.78 Å². The predicted octanol–water partition coefficient (Wildman–Crippen LogP) is 2.51. The minimum absolute atomic E-state index is 0.135. The summed E-state index contributed by atoms with van der Waals surface area (Å²) in [7, 11) is 1.43. The molecule has 1 amide bonds. The first kappa shape index (κ1) is 17.4. The zero-order valence-electron chi connectivity index (χ0n) is 13.5. The molecule has 0 bridgehead atoms. The molecule has 2 aromatic heterocycles. The van der Waals surface area contributed by atoms with Crippen LogP contribution in [0.15, 0.2) is 24.4 Å². The van der Waals surface area contributed by atoms with Gasteiger partial charge >= 0.3 is 6.18 Å². The first-order valence-corrected chi connectivity index (χ1v) is 7.76. The molecule has 0 saturated carbocycles. The maximum Gasteiger partial charge on any atom is 0.403 e. The Balaban J connectivity index is 1.98. The average molecular weight is 354 g/mol. The van der Waals surface area contributed by atoms with Crippen molar-refractivity contribution in [1.29, 1.82) is 0 Å². The van der Waals surface area contributed by atoms with Crippen molar-refractivity contribution in [3.63, 3.8) is 0 Å². The molecule has 1 fully saturated rings. The summed E-state index contributed by atoms with van der Waals surface area (Å²) >= 11 is 0. The van der Waals surface area contributed by atoms with Gasteiger partial charge in [0.2, 0.25) is 11.8 Å². The minimum Gasteiger partial charge on any atom is -0.481 e. The third kappa shape index (κ3) is 3.11. The zero-order valence-corrected chi connectivity index (χ0v) is 13.5. The number of carbonyl (C=O) groups is 1. The number of hydrogen-bond acceptors (Lipinski definition) is 5. The topological polar surface area (TPSA) is 76.1 Å². The molecule has 0 aliphatic carbocycles. The number of rotatable bonds is 3. The number of anilines is 1. The summed E-state index contributed by atoms with van der Waals surface area (Å²) in [5.74, 6) is -0.790. The van der Waals surface area contributed by atoms with Crippen molar-refractivity contribution < 1.29 is 22.7 Å². The van der Waals surface area contributed by atoms with E-state index in [-0.39, 0.29) is 43.0 Å². The molecule has 9 heteroatoms. The third-order valence-electron chi connectivity index (χ3n) is 4.45. The molecule has 25 heavy (non-hydrogen) atoms. The van der Waals surface area contributed by atoms with Crippen molar-refractivity contribution in [2.45, 2.75) is 19.0 Å². The van der Waals surface area contributed by atoms with Crippen LogP contribution in [0.5, 0.6) is 5.88 Å². The van der Waals surface area contributed by atoms with Crippen molar-refractivity contribution in [2.24, 2.45) is 5.41 Å². The van der Waals surface area contributed by atoms with E-state index in [0.717, 1.165) is 0 Å². The van der Waals surface area contributed by atoms with Crippen LogP contribution in [0.2, 0.25) is 0 Å². The van der Waals surface area contributed by atoms with Gasteiger partial charge in [0, 0.05) is 12.3 Å². The van der Waals surface area contributed by atoms with Gasteiger partial charge in [-0.15, -0.1) is 0 Å². The fraction of sp³-hybridized carbons (Fsp3) is 0.438. The molecular weight excluding hydrogens is 337 g/mol. The van der Waals surface area contributed by atoms with Crippen molar-refractivity contribution in [2.75, 3.05) is 25.5 Å². The number of carbonyl (C=O) groups excluding carboxylic acids is 1. The monoisotopic (exact) mass is 354 g/mol. The lowest BCUT2D eigenvalue weighted by Crippen LogP contribution is -2.53. The third-order valence-corrected chi connectivity index (χ3v) is 4.45. The van der Waals surface area contributed by atoms with E-state index in [2.05, 4.69) is 20.6 Å². The maximum absolute atomic E-state index is 13.6. The Morgan fingerprint density at radius 1 is 1.28 bits per heavy atom. The number of piperidine rings is 1. The number of amides is 1. The molecule has 2 aromatic rings. The van der Waals surface area contributed by atoms with Crippen LogP contribution in [0.25, 0.3) is 11.0 Å². The van der Waals surface area contributed by atoms with Crippen LogP contribution < -0.4 is 15.4 Å². The molecule has 1 aliphatic heterocycles. The van der Waals surface area contributed by atoms with Crippen molar-refractivity contribution in [3.8, 4) is 5.88 Å². The predicted molar refractivity (Wildman–Crippen MR) is 85.3 cm³/mol. The van der Waals surface area contributed by atoms with Gasteiger partial charge in [-0.25, -0.2) is 4.98 Å². The largest absolute Gasteiger partial charge is 0.481 e. The highest BCUT2D eigenvalue weighted by atomic mass is 19.4. The highest BCUT2D eigenvalue weighted by molar-refractivity contribution is 6.02. The number of fused-ring (bicyclic) bond motifs is 1. The number of halogens is 3. The lowest BCUT2D eigenvalue weighted by atomic mass is 9.77. The van der Waals surface area contributed by atoms with E-state index >= 15 is 0 Å². The second kappa shape index (κ2) is 6.47. The Morgan fingerprint density at radius 2 is 2.00 bits per heavy atom. The van der Waals surface area contributed by atoms with Crippen LogP contribution >= 0.6 is 0 Å². The van der Waals surface area contributed by atoms with E-state index in [1.807, 2.05) is 0 Å². The fourth-order valence-electron chi connectivity index (χ4n) is 2.96. The number of pyridine rings is 2. The summed E-state index contributed by atoms with van der Waals surface area (Å²) < 4.78 is 46.0. The molecule has 3 heterocycles. The van der Waals surface area contributed by atoms with Gasteiger partial charge in [0.25, 0.3) is 0 Å². The highest BCUT2D eigenvalue weighted by Crippen LogP contribution is 2.46. The van der Waals surface area contributed by atoms with Gasteiger partial charge in [-0.2, -0.15) is 13.2 Å². The zero-order chi connectivity index (χ0) is 18.1. The molecule has 0 unspecified atom stereocenters. The molecule has 3 rings (SSSR count).